The molecule has 0 amide bonds. The number of aryl methyl sites for hydroxylation is 2. The van der Waals surface area contributed by atoms with E-state index in [0.717, 1.165) is 65.6 Å². The predicted octanol–water partition coefficient (Wildman–Crippen LogP) is 4.62. The molecule has 7 heteroatoms. The van der Waals surface area contributed by atoms with Gasteiger partial charge in [-0.05, 0) is 49.1 Å². The van der Waals surface area contributed by atoms with Crippen molar-refractivity contribution in [1.82, 2.24) is 14.2 Å². The van der Waals surface area contributed by atoms with Crippen LogP contribution in [0.1, 0.15) is 24.2 Å². The van der Waals surface area contributed by atoms with Crippen molar-refractivity contribution in [3.63, 3.8) is 0 Å². The molecule has 4 heterocycles. The summed E-state index contributed by atoms with van der Waals surface area (Å²) in [5, 5.41) is 8.32. The van der Waals surface area contributed by atoms with Crippen LogP contribution in [0.2, 0.25) is 0 Å². The van der Waals surface area contributed by atoms with Crippen molar-refractivity contribution in [3.05, 3.63) is 65.9 Å². The van der Waals surface area contributed by atoms with Gasteiger partial charge in [-0.1, -0.05) is 12.1 Å². The molecule has 4 aromatic rings. The molecule has 0 unspecified atom stereocenters. The van der Waals surface area contributed by atoms with Crippen molar-refractivity contribution in [2.75, 3.05) is 12.1 Å². The first-order chi connectivity index (χ1) is 14.8. The van der Waals surface area contributed by atoms with E-state index in [4.69, 9.17) is 14.6 Å². The number of benzene rings is 2. The maximum Gasteiger partial charge on any atom is 0.231 e. The number of aromatic nitrogens is 3. The van der Waals surface area contributed by atoms with Gasteiger partial charge in [-0.3, -0.25) is 0 Å². The average molecular weight is 404 g/mol. The molecular weight excluding hydrogens is 383 g/mol. The molecule has 2 aromatic heterocycles. The zero-order chi connectivity index (χ0) is 20.1. The zero-order valence-electron chi connectivity index (χ0n) is 16.4. The highest BCUT2D eigenvalue weighted by Crippen LogP contribution is 2.35. The van der Waals surface area contributed by atoms with Gasteiger partial charge in [-0.2, -0.15) is 5.10 Å². The second kappa shape index (κ2) is 6.79. The molecule has 0 atom stereocenters. The quantitative estimate of drug-likeness (QED) is 0.539. The first kappa shape index (κ1) is 17.4. The lowest BCUT2D eigenvalue weighted by molar-refractivity contribution is 0.174. The zero-order valence-corrected chi connectivity index (χ0v) is 16.4. The minimum absolute atomic E-state index is 0.215. The van der Waals surface area contributed by atoms with Crippen LogP contribution in [0.15, 0.2) is 48.7 Å². The van der Waals surface area contributed by atoms with E-state index >= 15 is 0 Å². The van der Waals surface area contributed by atoms with Crippen LogP contribution in [0.4, 0.5) is 10.1 Å². The molecular formula is C23H21FN4O2. The molecule has 1 N–H and O–H groups in total. The standard InChI is InChI=1S/C23H21FN4O2/c24-16-6-4-15(5-7-16)19-13-28-23-18(19)3-1-2-10-27(23)22(26-28)12-25-17-8-9-20-21(11-17)30-14-29-20/h4-9,11,13,25H,1-3,10,12,14H2. The van der Waals surface area contributed by atoms with Crippen molar-refractivity contribution in [2.45, 2.75) is 32.4 Å². The summed E-state index contributed by atoms with van der Waals surface area (Å²) in [6.07, 6.45) is 5.32. The Labute approximate surface area is 172 Å². The third-order valence-electron chi connectivity index (χ3n) is 5.89. The van der Waals surface area contributed by atoms with Crippen molar-refractivity contribution >= 4 is 11.3 Å². The van der Waals surface area contributed by atoms with Crippen LogP contribution in [0.5, 0.6) is 11.5 Å². The fourth-order valence-corrected chi connectivity index (χ4v) is 4.43. The highest BCUT2D eigenvalue weighted by molar-refractivity contribution is 5.75. The minimum atomic E-state index is -0.215. The highest BCUT2D eigenvalue weighted by atomic mass is 19.1. The van der Waals surface area contributed by atoms with Gasteiger partial charge in [0, 0.05) is 35.6 Å². The number of hydrogen-bond acceptors (Lipinski definition) is 4. The largest absolute Gasteiger partial charge is 0.454 e. The van der Waals surface area contributed by atoms with Gasteiger partial charge in [-0.15, -0.1) is 0 Å². The number of fused-ring (bicyclic) bond motifs is 1. The topological polar surface area (TPSA) is 52.7 Å². The van der Waals surface area contributed by atoms with Gasteiger partial charge in [0.2, 0.25) is 6.79 Å². The number of rotatable bonds is 4. The molecule has 0 aliphatic carbocycles. The van der Waals surface area contributed by atoms with Gasteiger partial charge >= 0.3 is 0 Å². The third kappa shape index (κ3) is 2.81. The van der Waals surface area contributed by atoms with Gasteiger partial charge in [0.05, 0.1) is 6.54 Å². The number of hydrogen-bond donors (Lipinski definition) is 1. The van der Waals surface area contributed by atoms with Crippen LogP contribution >= 0.6 is 0 Å². The molecule has 0 bridgehead atoms. The van der Waals surface area contributed by atoms with Crippen LogP contribution < -0.4 is 14.8 Å². The molecule has 2 aromatic carbocycles. The predicted molar refractivity (Wildman–Crippen MR) is 111 cm³/mol. The second-order valence-corrected chi connectivity index (χ2v) is 7.74. The number of nitrogens with zero attached hydrogens (tertiary/aromatic N) is 3. The van der Waals surface area contributed by atoms with Gasteiger partial charge in [-0.25, -0.2) is 8.91 Å². The lowest BCUT2D eigenvalue weighted by atomic mass is 10.0. The maximum absolute atomic E-state index is 13.4. The normalized spacial score (nSPS) is 14.8. The minimum Gasteiger partial charge on any atom is -0.454 e. The van der Waals surface area contributed by atoms with E-state index in [9.17, 15) is 4.39 Å². The molecule has 30 heavy (non-hydrogen) atoms. The Hall–Kier alpha value is -3.48. The van der Waals surface area contributed by atoms with E-state index in [2.05, 4.69) is 16.1 Å². The summed E-state index contributed by atoms with van der Waals surface area (Å²) in [7, 11) is 0. The number of nitrogens with one attached hydrogen (secondary N) is 1. The van der Waals surface area contributed by atoms with E-state index in [0.29, 0.717) is 6.54 Å². The summed E-state index contributed by atoms with van der Waals surface area (Å²) in [6, 6.07) is 12.6. The molecule has 2 aliphatic rings. The summed E-state index contributed by atoms with van der Waals surface area (Å²) in [5.41, 5.74) is 5.59. The maximum atomic E-state index is 13.4. The van der Waals surface area contributed by atoms with Crippen molar-refractivity contribution in [2.24, 2.45) is 0 Å². The molecule has 0 saturated heterocycles. The van der Waals surface area contributed by atoms with Gasteiger partial charge in [0.15, 0.2) is 17.3 Å². The summed E-state index contributed by atoms with van der Waals surface area (Å²) in [4.78, 5) is 0. The Kier molecular flexibility index (Phi) is 3.94. The van der Waals surface area contributed by atoms with E-state index in [1.807, 2.05) is 34.8 Å². The van der Waals surface area contributed by atoms with Crippen LogP contribution in [-0.4, -0.2) is 21.0 Å². The second-order valence-electron chi connectivity index (χ2n) is 7.74. The van der Waals surface area contributed by atoms with E-state index in [1.54, 1.807) is 0 Å². The lowest BCUT2D eigenvalue weighted by Crippen LogP contribution is -2.09. The number of anilines is 1. The molecule has 0 spiro atoms. The Morgan fingerprint density at radius 3 is 2.80 bits per heavy atom. The van der Waals surface area contributed by atoms with Crippen LogP contribution in [-0.2, 0) is 19.5 Å². The van der Waals surface area contributed by atoms with Gasteiger partial charge in [0.25, 0.3) is 0 Å². The van der Waals surface area contributed by atoms with Crippen LogP contribution in [0, 0.1) is 5.82 Å². The fraction of sp³-hybridized carbons (Fsp3) is 0.261. The average Bonchev–Trinajstić information content (AvgIpc) is 3.40. The molecule has 6 rings (SSSR count). The van der Waals surface area contributed by atoms with E-state index in [1.165, 1.54) is 17.7 Å². The van der Waals surface area contributed by atoms with Crippen LogP contribution in [0.25, 0.3) is 16.8 Å². The smallest absolute Gasteiger partial charge is 0.231 e. The van der Waals surface area contributed by atoms with Gasteiger partial charge < -0.3 is 19.4 Å². The Morgan fingerprint density at radius 1 is 1.03 bits per heavy atom. The van der Waals surface area contributed by atoms with Gasteiger partial charge in [0.1, 0.15) is 11.5 Å². The Morgan fingerprint density at radius 2 is 1.90 bits per heavy atom. The van der Waals surface area contributed by atoms with E-state index in [-0.39, 0.29) is 12.6 Å². The van der Waals surface area contributed by atoms with Crippen molar-refractivity contribution in [3.8, 4) is 22.6 Å². The van der Waals surface area contributed by atoms with Crippen molar-refractivity contribution in [1.29, 1.82) is 0 Å². The molecule has 0 radical (unpaired) electrons. The van der Waals surface area contributed by atoms with Crippen molar-refractivity contribution < 1.29 is 13.9 Å². The monoisotopic (exact) mass is 404 g/mol. The van der Waals surface area contributed by atoms with E-state index < -0.39 is 0 Å². The molecule has 2 aliphatic heterocycles. The first-order valence-electron chi connectivity index (χ1n) is 10.3. The SMILES string of the molecule is Fc1ccc(-c2cn3nc(CNc4ccc5c(c4)OCO5)n4c3c2CCCC4)cc1. The summed E-state index contributed by atoms with van der Waals surface area (Å²) < 4.78 is 28.5. The fourth-order valence-electron chi connectivity index (χ4n) is 4.43. The van der Waals surface area contributed by atoms with Crippen LogP contribution in [0.3, 0.4) is 0 Å². The summed E-state index contributed by atoms with van der Waals surface area (Å²) >= 11 is 0. The Bertz CT molecular complexity index is 1240. The summed E-state index contributed by atoms with van der Waals surface area (Å²) in [5.74, 6) is 2.32. The number of ether oxygens (including phenoxy) is 2. The lowest BCUT2D eigenvalue weighted by Gasteiger charge is -2.09. The third-order valence-corrected chi connectivity index (χ3v) is 5.89. The molecule has 6 nitrogen and oxygen atoms in total. The first-order valence-corrected chi connectivity index (χ1v) is 10.3. The number of halogens is 1. The molecule has 152 valence electrons. The molecule has 0 saturated carbocycles. The summed E-state index contributed by atoms with van der Waals surface area (Å²) in [6.45, 7) is 1.84. The highest BCUT2D eigenvalue weighted by Gasteiger charge is 2.22. The molecule has 0 fully saturated rings. The Balaban J connectivity index is 1.34.